The molecule has 0 fully saturated rings. The summed E-state index contributed by atoms with van der Waals surface area (Å²) in [5.74, 6) is 0. The van der Waals surface area contributed by atoms with Gasteiger partial charge in [-0.2, -0.15) is 0 Å². The molecule has 1 N–H and O–H groups in total. The van der Waals surface area contributed by atoms with Gasteiger partial charge in [0, 0.05) is 31.6 Å². The van der Waals surface area contributed by atoms with E-state index in [1.54, 1.807) is 0 Å². The summed E-state index contributed by atoms with van der Waals surface area (Å²) in [4.78, 5) is 4.25. The fourth-order valence-corrected chi connectivity index (χ4v) is 1.85. The van der Waals surface area contributed by atoms with Crippen molar-refractivity contribution in [2.75, 3.05) is 19.8 Å². The van der Waals surface area contributed by atoms with Crippen LogP contribution in [0, 0.1) is 6.92 Å². The van der Waals surface area contributed by atoms with Gasteiger partial charge < -0.3 is 10.1 Å². The molecular weight excluding hydrogens is 212 g/mol. The molecule has 0 bridgehead atoms. The van der Waals surface area contributed by atoms with E-state index in [1.165, 1.54) is 11.1 Å². The second kappa shape index (κ2) is 8.20. The molecule has 3 heteroatoms. The molecule has 1 aromatic heterocycles. The summed E-state index contributed by atoms with van der Waals surface area (Å²) >= 11 is 0. The van der Waals surface area contributed by atoms with Crippen molar-refractivity contribution in [2.24, 2.45) is 0 Å². The quantitative estimate of drug-likeness (QED) is 0.705. The molecule has 1 heterocycles. The van der Waals surface area contributed by atoms with E-state index in [4.69, 9.17) is 4.74 Å². The zero-order valence-electron chi connectivity index (χ0n) is 11.2. The monoisotopic (exact) mass is 236 g/mol. The van der Waals surface area contributed by atoms with Crippen LogP contribution >= 0.6 is 0 Å². The Balaban J connectivity index is 2.52. The van der Waals surface area contributed by atoms with Gasteiger partial charge in [-0.25, -0.2) is 0 Å². The molecule has 1 unspecified atom stereocenters. The number of aromatic nitrogens is 1. The number of pyridine rings is 1. The number of aryl methyl sites for hydroxylation is 1. The average Bonchev–Trinajstić information content (AvgIpc) is 2.33. The number of nitrogens with one attached hydrogen (secondary N) is 1. The summed E-state index contributed by atoms with van der Waals surface area (Å²) in [6.07, 6.45) is 5.91. The second-order valence-corrected chi connectivity index (χ2v) is 4.31. The zero-order valence-corrected chi connectivity index (χ0v) is 11.2. The number of rotatable bonds is 8. The van der Waals surface area contributed by atoms with Crippen LogP contribution in [0.5, 0.6) is 0 Å². The first kappa shape index (κ1) is 14.1. The topological polar surface area (TPSA) is 34.1 Å². The van der Waals surface area contributed by atoms with Crippen LogP contribution in [0.25, 0.3) is 0 Å². The highest BCUT2D eigenvalue weighted by atomic mass is 16.5. The zero-order chi connectivity index (χ0) is 12.5. The predicted molar refractivity (Wildman–Crippen MR) is 71.1 cm³/mol. The lowest BCUT2D eigenvalue weighted by atomic mass is 10.0. The Labute approximate surface area is 105 Å². The van der Waals surface area contributed by atoms with Crippen LogP contribution in [0.2, 0.25) is 0 Å². The first-order valence-electron chi connectivity index (χ1n) is 6.50. The van der Waals surface area contributed by atoms with Gasteiger partial charge in [-0.05, 0) is 37.4 Å². The molecule has 0 spiro atoms. The molecule has 96 valence electrons. The maximum Gasteiger partial charge on any atom is 0.0484 e. The van der Waals surface area contributed by atoms with Gasteiger partial charge in [0.25, 0.3) is 0 Å². The standard InChI is InChI=1S/C14H24N2O/c1-4-7-17-8-6-14(16-5-2)13-9-12(3)10-15-11-13/h9-11,14,16H,4-8H2,1-3H3. The van der Waals surface area contributed by atoms with Crippen molar-refractivity contribution < 1.29 is 4.74 Å². The van der Waals surface area contributed by atoms with Crippen LogP contribution in [0.4, 0.5) is 0 Å². The van der Waals surface area contributed by atoms with Gasteiger partial charge in [0.2, 0.25) is 0 Å². The van der Waals surface area contributed by atoms with Gasteiger partial charge in [-0.3, -0.25) is 4.98 Å². The van der Waals surface area contributed by atoms with E-state index in [9.17, 15) is 0 Å². The summed E-state index contributed by atoms with van der Waals surface area (Å²) in [6.45, 7) is 8.96. The van der Waals surface area contributed by atoms with Crippen LogP contribution in [-0.4, -0.2) is 24.7 Å². The van der Waals surface area contributed by atoms with Gasteiger partial charge in [-0.15, -0.1) is 0 Å². The molecule has 0 aliphatic heterocycles. The summed E-state index contributed by atoms with van der Waals surface area (Å²) in [7, 11) is 0. The average molecular weight is 236 g/mol. The lowest BCUT2D eigenvalue weighted by Gasteiger charge is -2.18. The van der Waals surface area contributed by atoms with Crippen LogP contribution in [0.1, 0.15) is 43.9 Å². The minimum Gasteiger partial charge on any atom is -0.381 e. The molecule has 1 atom stereocenters. The van der Waals surface area contributed by atoms with Crippen molar-refractivity contribution in [1.82, 2.24) is 10.3 Å². The normalized spacial score (nSPS) is 12.6. The third-order valence-corrected chi connectivity index (χ3v) is 2.65. The van der Waals surface area contributed by atoms with Crippen LogP contribution in [0.15, 0.2) is 18.5 Å². The first-order chi connectivity index (χ1) is 8.27. The largest absolute Gasteiger partial charge is 0.381 e. The molecule has 0 aliphatic carbocycles. The molecule has 0 radical (unpaired) electrons. The van der Waals surface area contributed by atoms with Gasteiger partial charge in [-0.1, -0.05) is 19.9 Å². The van der Waals surface area contributed by atoms with Gasteiger partial charge in [0.15, 0.2) is 0 Å². The second-order valence-electron chi connectivity index (χ2n) is 4.31. The summed E-state index contributed by atoms with van der Waals surface area (Å²) in [5, 5.41) is 3.48. The van der Waals surface area contributed by atoms with Crippen molar-refractivity contribution >= 4 is 0 Å². The highest BCUT2D eigenvalue weighted by Crippen LogP contribution is 2.16. The Hall–Kier alpha value is -0.930. The van der Waals surface area contributed by atoms with E-state index in [-0.39, 0.29) is 0 Å². The Kier molecular flexibility index (Phi) is 6.82. The lowest BCUT2D eigenvalue weighted by Crippen LogP contribution is -2.22. The maximum atomic E-state index is 5.55. The smallest absolute Gasteiger partial charge is 0.0484 e. The fraction of sp³-hybridized carbons (Fsp3) is 0.643. The van der Waals surface area contributed by atoms with Crippen LogP contribution in [0.3, 0.4) is 0 Å². The molecule has 0 saturated heterocycles. The molecular formula is C14H24N2O. The summed E-state index contributed by atoms with van der Waals surface area (Å²) in [6, 6.07) is 2.55. The van der Waals surface area contributed by atoms with Crippen molar-refractivity contribution in [3.63, 3.8) is 0 Å². The summed E-state index contributed by atoms with van der Waals surface area (Å²) < 4.78 is 5.55. The fourth-order valence-electron chi connectivity index (χ4n) is 1.85. The van der Waals surface area contributed by atoms with E-state index >= 15 is 0 Å². The molecule has 0 amide bonds. The van der Waals surface area contributed by atoms with Crippen molar-refractivity contribution in [1.29, 1.82) is 0 Å². The first-order valence-corrected chi connectivity index (χ1v) is 6.50. The third kappa shape index (κ3) is 5.29. The van der Waals surface area contributed by atoms with E-state index < -0.39 is 0 Å². The van der Waals surface area contributed by atoms with Crippen molar-refractivity contribution in [3.05, 3.63) is 29.6 Å². The lowest BCUT2D eigenvalue weighted by molar-refractivity contribution is 0.124. The van der Waals surface area contributed by atoms with E-state index in [0.29, 0.717) is 6.04 Å². The van der Waals surface area contributed by atoms with Crippen molar-refractivity contribution in [2.45, 2.75) is 39.7 Å². The Bertz CT molecular complexity index is 315. The Morgan fingerprint density at radius 2 is 2.12 bits per heavy atom. The van der Waals surface area contributed by atoms with Gasteiger partial charge in [0.05, 0.1) is 0 Å². The van der Waals surface area contributed by atoms with Crippen LogP contribution < -0.4 is 5.32 Å². The van der Waals surface area contributed by atoms with E-state index in [1.807, 2.05) is 12.4 Å². The van der Waals surface area contributed by atoms with E-state index in [0.717, 1.165) is 32.6 Å². The van der Waals surface area contributed by atoms with E-state index in [2.05, 4.69) is 37.1 Å². The molecule has 3 nitrogen and oxygen atoms in total. The minimum atomic E-state index is 0.351. The highest BCUT2D eigenvalue weighted by Gasteiger charge is 2.10. The molecule has 0 aromatic carbocycles. The number of ether oxygens (including phenoxy) is 1. The Morgan fingerprint density at radius 1 is 1.29 bits per heavy atom. The molecule has 1 aromatic rings. The number of nitrogens with zero attached hydrogens (tertiary/aromatic N) is 1. The third-order valence-electron chi connectivity index (χ3n) is 2.65. The molecule has 1 rings (SSSR count). The minimum absolute atomic E-state index is 0.351. The SMILES string of the molecule is CCCOCCC(NCC)c1cncc(C)c1. The molecule has 17 heavy (non-hydrogen) atoms. The highest BCUT2D eigenvalue weighted by molar-refractivity contribution is 5.20. The molecule has 0 saturated carbocycles. The number of hydrogen-bond donors (Lipinski definition) is 1. The van der Waals surface area contributed by atoms with Crippen LogP contribution in [-0.2, 0) is 4.74 Å². The predicted octanol–water partition coefficient (Wildman–Crippen LogP) is 2.86. The van der Waals surface area contributed by atoms with Gasteiger partial charge >= 0.3 is 0 Å². The van der Waals surface area contributed by atoms with Gasteiger partial charge in [0.1, 0.15) is 0 Å². The Morgan fingerprint density at radius 3 is 2.76 bits per heavy atom. The van der Waals surface area contributed by atoms with Crippen molar-refractivity contribution in [3.8, 4) is 0 Å². The number of hydrogen-bond acceptors (Lipinski definition) is 3. The summed E-state index contributed by atoms with van der Waals surface area (Å²) in [5.41, 5.74) is 2.46. The maximum absolute atomic E-state index is 5.55. The molecule has 0 aliphatic rings.